The maximum absolute atomic E-state index is 3.73. The molecule has 1 nitrogen and oxygen atoms in total. The lowest BCUT2D eigenvalue weighted by Crippen LogP contribution is -2.24. The van der Waals surface area contributed by atoms with Gasteiger partial charge in [-0.1, -0.05) is 38.1 Å². The van der Waals surface area contributed by atoms with Crippen LogP contribution in [0.15, 0.2) is 35.7 Å². The molecule has 0 aliphatic rings. The van der Waals surface area contributed by atoms with Crippen molar-refractivity contribution in [2.24, 2.45) is 0 Å². The van der Waals surface area contributed by atoms with Crippen LogP contribution in [0.3, 0.4) is 0 Å². The molecule has 0 spiro atoms. The van der Waals surface area contributed by atoms with Gasteiger partial charge in [-0.3, -0.25) is 0 Å². The van der Waals surface area contributed by atoms with Gasteiger partial charge in [-0.15, -0.1) is 11.3 Å². The van der Waals surface area contributed by atoms with E-state index in [1.807, 2.05) is 11.3 Å². The van der Waals surface area contributed by atoms with Crippen molar-refractivity contribution in [3.8, 4) is 0 Å². The van der Waals surface area contributed by atoms with Gasteiger partial charge in [0.25, 0.3) is 0 Å². The predicted octanol–water partition coefficient (Wildman–Crippen LogP) is 4.90. The minimum Gasteiger partial charge on any atom is -0.309 e. The first-order chi connectivity index (χ1) is 9.76. The van der Waals surface area contributed by atoms with E-state index in [-0.39, 0.29) is 0 Å². The second-order valence-electron chi connectivity index (χ2n) is 5.30. The topological polar surface area (TPSA) is 12.0 Å². The second-order valence-corrected chi connectivity index (χ2v) is 6.25. The van der Waals surface area contributed by atoms with Gasteiger partial charge in [0.15, 0.2) is 0 Å². The lowest BCUT2D eigenvalue weighted by atomic mass is 9.98. The Kier molecular flexibility index (Phi) is 5.81. The van der Waals surface area contributed by atoms with Crippen LogP contribution >= 0.6 is 11.3 Å². The molecule has 0 amide bonds. The number of rotatable bonds is 7. The van der Waals surface area contributed by atoms with Crippen LogP contribution in [0.4, 0.5) is 0 Å². The first-order valence-electron chi connectivity index (χ1n) is 7.60. The molecule has 20 heavy (non-hydrogen) atoms. The Hall–Kier alpha value is -1.12. The SMILES string of the molecule is CCCNC(Cc1ccccc1C)c1sccc1CC. The van der Waals surface area contributed by atoms with Gasteiger partial charge >= 0.3 is 0 Å². The molecule has 1 aromatic heterocycles. The maximum Gasteiger partial charge on any atom is 0.0458 e. The summed E-state index contributed by atoms with van der Waals surface area (Å²) in [5.41, 5.74) is 4.35. The van der Waals surface area contributed by atoms with Crippen molar-refractivity contribution >= 4 is 11.3 Å². The molecule has 2 rings (SSSR count). The van der Waals surface area contributed by atoms with Crippen molar-refractivity contribution in [1.82, 2.24) is 5.32 Å². The van der Waals surface area contributed by atoms with E-state index in [4.69, 9.17) is 0 Å². The normalized spacial score (nSPS) is 12.6. The molecule has 2 heteroatoms. The van der Waals surface area contributed by atoms with E-state index in [1.165, 1.54) is 28.0 Å². The fourth-order valence-electron chi connectivity index (χ4n) is 2.58. The molecule has 0 saturated heterocycles. The molecule has 0 saturated carbocycles. The molecular weight excluding hydrogens is 262 g/mol. The molecule has 2 aromatic rings. The van der Waals surface area contributed by atoms with Crippen LogP contribution in [0.5, 0.6) is 0 Å². The van der Waals surface area contributed by atoms with E-state index in [0.29, 0.717) is 6.04 Å². The summed E-state index contributed by atoms with van der Waals surface area (Å²) in [4.78, 5) is 1.52. The molecule has 0 fully saturated rings. The van der Waals surface area contributed by atoms with Crippen molar-refractivity contribution in [2.45, 2.75) is 46.1 Å². The summed E-state index contributed by atoms with van der Waals surface area (Å²) < 4.78 is 0. The predicted molar refractivity (Wildman–Crippen MR) is 89.6 cm³/mol. The highest BCUT2D eigenvalue weighted by molar-refractivity contribution is 7.10. The van der Waals surface area contributed by atoms with Gasteiger partial charge in [0, 0.05) is 10.9 Å². The Morgan fingerprint density at radius 1 is 1.10 bits per heavy atom. The highest BCUT2D eigenvalue weighted by atomic mass is 32.1. The average molecular weight is 287 g/mol. The monoisotopic (exact) mass is 287 g/mol. The van der Waals surface area contributed by atoms with Gasteiger partial charge in [-0.25, -0.2) is 0 Å². The Balaban J connectivity index is 2.22. The Bertz CT molecular complexity index is 530. The number of nitrogens with one attached hydrogen (secondary N) is 1. The van der Waals surface area contributed by atoms with Crippen LogP contribution in [0.1, 0.15) is 47.9 Å². The molecule has 0 radical (unpaired) electrons. The number of hydrogen-bond acceptors (Lipinski definition) is 2. The smallest absolute Gasteiger partial charge is 0.0458 e. The van der Waals surface area contributed by atoms with E-state index in [9.17, 15) is 0 Å². The largest absolute Gasteiger partial charge is 0.309 e. The molecule has 1 aromatic carbocycles. The third-order valence-corrected chi connectivity index (χ3v) is 4.88. The second kappa shape index (κ2) is 7.61. The zero-order valence-corrected chi connectivity index (χ0v) is 13.6. The average Bonchev–Trinajstić information content (AvgIpc) is 2.93. The van der Waals surface area contributed by atoms with Crippen molar-refractivity contribution in [3.63, 3.8) is 0 Å². The van der Waals surface area contributed by atoms with Gasteiger partial charge in [-0.2, -0.15) is 0 Å². The molecule has 1 atom stereocenters. The van der Waals surface area contributed by atoms with Crippen molar-refractivity contribution in [1.29, 1.82) is 0 Å². The maximum atomic E-state index is 3.73. The zero-order valence-electron chi connectivity index (χ0n) is 12.8. The molecule has 1 unspecified atom stereocenters. The van der Waals surface area contributed by atoms with Crippen molar-refractivity contribution in [3.05, 3.63) is 57.3 Å². The highest BCUT2D eigenvalue weighted by Crippen LogP contribution is 2.28. The van der Waals surface area contributed by atoms with Gasteiger partial charge in [0.2, 0.25) is 0 Å². The van der Waals surface area contributed by atoms with E-state index < -0.39 is 0 Å². The lowest BCUT2D eigenvalue weighted by molar-refractivity contribution is 0.533. The van der Waals surface area contributed by atoms with Crippen LogP contribution in [-0.2, 0) is 12.8 Å². The summed E-state index contributed by atoms with van der Waals surface area (Å²) in [7, 11) is 0. The Morgan fingerprint density at radius 2 is 1.90 bits per heavy atom. The van der Waals surface area contributed by atoms with Gasteiger partial charge in [-0.05, 0) is 60.9 Å². The molecular formula is C18H25NS. The van der Waals surface area contributed by atoms with Gasteiger partial charge < -0.3 is 5.32 Å². The number of thiophene rings is 1. The minimum atomic E-state index is 0.450. The lowest BCUT2D eigenvalue weighted by Gasteiger charge is -2.20. The molecule has 1 heterocycles. The molecule has 0 aliphatic carbocycles. The summed E-state index contributed by atoms with van der Waals surface area (Å²) in [6.07, 6.45) is 3.38. The summed E-state index contributed by atoms with van der Waals surface area (Å²) in [6.45, 7) is 7.77. The van der Waals surface area contributed by atoms with Crippen molar-refractivity contribution < 1.29 is 0 Å². The fraction of sp³-hybridized carbons (Fsp3) is 0.444. The highest BCUT2D eigenvalue weighted by Gasteiger charge is 2.16. The summed E-state index contributed by atoms with van der Waals surface area (Å²) in [5, 5.41) is 5.96. The van der Waals surface area contributed by atoms with E-state index in [0.717, 1.165) is 19.4 Å². The molecule has 108 valence electrons. The summed E-state index contributed by atoms with van der Waals surface area (Å²) in [5.74, 6) is 0. The number of hydrogen-bond donors (Lipinski definition) is 1. The molecule has 0 aliphatic heterocycles. The standard InChI is InChI=1S/C18H25NS/c1-4-11-19-17(18-15(5-2)10-12-20-18)13-16-9-7-6-8-14(16)3/h6-10,12,17,19H,4-5,11,13H2,1-3H3. The van der Waals surface area contributed by atoms with Crippen molar-refractivity contribution in [2.75, 3.05) is 6.54 Å². The summed E-state index contributed by atoms with van der Waals surface area (Å²) in [6, 6.07) is 11.5. The first kappa shape index (κ1) is 15.3. The van der Waals surface area contributed by atoms with Crippen LogP contribution in [0.2, 0.25) is 0 Å². The quantitative estimate of drug-likeness (QED) is 0.763. The summed E-state index contributed by atoms with van der Waals surface area (Å²) >= 11 is 1.90. The van der Waals surface area contributed by atoms with Gasteiger partial charge in [0.05, 0.1) is 0 Å². The molecule has 0 bridgehead atoms. The Morgan fingerprint density at radius 3 is 2.60 bits per heavy atom. The van der Waals surface area contributed by atoms with E-state index >= 15 is 0 Å². The minimum absolute atomic E-state index is 0.450. The molecule has 1 N–H and O–H groups in total. The van der Waals surface area contributed by atoms with Crippen LogP contribution < -0.4 is 5.32 Å². The third-order valence-electron chi connectivity index (χ3n) is 3.80. The van der Waals surface area contributed by atoms with E-state index in [1.54, 1.807) is 0 Å². The number of aryl methyl sites for hydroxylation is 2. The van der Waals surface area contributed by atoms with Crippen LogP contribution in [-0.4, -0.2) is 6.54 Å². The first-order valence-corrected chi connectivity index (χ1v) is 8.48. The third kappa shape index (κ3) is 3.71. The van der Waals surface area contributed by atoms with Gasteiger partial charge in [0.1, 0.15) is 0 Å². The van der Waals surface area contributed by atoms with Crippen LogP contribution in [0, 0.1) is 6.92 Å². The number of benzene rings is 1. The van der Waals surface area contributed by atoms with Crippen LogP contribution in [0.25, 0.3) is 0 Å². The van der Waals surface area contributed by atoms with E-state index in [2.05, 4.69) is 61.8 Å². The fourth-order valence-corrected chi connectivity index (χ4v) is 3.65. The zero-order chi connectivity index (χ0) is 14.4. The Labute approximate surface area is 127 Å².